The highest BCUT2D eigenvalue weighted by Gasteiger charge is 2.27. The summed E-state index contributed by atoms with van der Waals surface area (Å²) in [6, 6.07) is 11.3. The van der Waals surface area contributed by atoms with Crippen molar-refractivity contribution in [2.45, 2.75) is 51.6 Å². The molecule has 0 amide bonds. The summed E-state index contributed by atoms with van der Waals surface area (Å²) in [7, 11) is 0. The van der Waals surface area contributed by atoms with Crippen molar-refractivity contribution in [3.63, 3.8) is 0 Å². The molecule has 0 spiro atoms. The zero-order valence-corrected chi connectivity index (χ0v) is 13.4. The maximum absolute atomic E-state index is 9.21. The molecule has 1 aliphatic carbocycles. The van der Waals surface area contributed by atoms with E-state index in [1.165, 1.54) is 24.0 Å². The van der Waals surface area contributed by atoms with Crippen molar-refractivity contribution in [2.24, 2.45) is 0 Å². The Labute approximate surface area is 132 Å². The van der Waals surface area contributed by atoms with Gasteiger partial charge >= 0.3 is 0 Å². The van der Waals surface area contributed by atoms with Crippen LogP contribution in [0.4, 0.5) is 5.82 Å². The molecule has 4 nitrogen and oxygen atoms in total. The van der Waals surface area contributed by atoms with Crippen LogP contribution < -0.4 is 5.32 Å². The van der Waals surface area contributed by atoms with Crippen LogP contribution in [-0.4, -0.2) is 27.5 Å². The summed E-state index contributed by atoms with van der Waals surface area (Å²) in [6.07, 6.45) is 3.57. The zero-order valence-electron chi connectivity index (χ0n) is 13.4. The summed E-state index contributed by atoms with van der Waals surface area (Å²) < 4.78 is 1.90. The minimum atomic E-state index is 0.118. The largest absolute Gasteiger partial charge is 0.394 e. The molecule has 1 aromatic heterocycles. The molecule has 1 fully saturated rings. The van der Waals surface area contributed by atoms with Gasteiger partial charge in [0.1, 0.15) is 5.82 Å². The molecular formula is C18H25N3O. The molecule has 1 saturated carbocycles. The number of benzene rings is 1. The number of hydrogen-bond acceptors (Lipinski definition) is 3. The predicted octanol–water partition coefficient (Wildman–Crippen LogP) is 3.24. The van der Waals surface area contributed by atoms with E-state index in [1.54, 1.807) is 0 Å². The maximum Gasteiger partial charge on any atom is 0.127 e. The topological polar surface area (TPSA) is 50.1 Å². The summed E-state index contributed by atoms with van der Waals surface area (Å²) >= 11 is 0. The summed E-state index contributed by atoms with van der Waals surface area (Å²) in [6.45, 7) is 4.79. The van der Waals surface area contributed by atoms with Crippen molar-refractivity contribution < 1.29 is 5.11 Å². The fourth-order valence-corrected chi connectivity index (χ4v) is 3.44. The Morgan fingerprint density at radius 2 is 2.00 bits per heavy atom. The second-order valence-electron chi connectivity index (χ2n) is 6.27. The van der Waals surface area contributed by atoms with E-state index in [0.717, 1.165) is 17.9 Å². The van der Waals surface area contributed by atoms with Crippen molar-refractivity contribution in [3.05, 3.63) is 47.2 Å². The highest BCUT2D eigenvalue weighted by molar-refractivity contribution is 5.47. The van der Waals surface area contributed by atoms with Gasteiger partial charge < -0.3 is 10.4 Å². The predicted molar refractivity (Wildman–Crippen MR) is 89.2 cm³/mol. The molecule has 118 valence electrons. The summed E-state index contributed by atoms with van der Waals surface area (Å²) in [5.74, 6) is 1.72. The van der Waals surface area contributed by atoms with Crippen LogP contribution in [0, 0.1) is 13.8 Å². The highest BCUT2D eigenvalue weighted by Crippen LogP contribution is 2.36. The van der Waals surface area contributed by atoms with Crippen LogP contribution in [0.3, 0.4) is 0 Å². The molecule has 3 rings (SSSR count). The highest BCUT2D eigenvalue weighted by atomic mass is 16.3. The van der Waals surface area contributed by atoms with Crippen LogP contribution >= 0.6 is 0 Å². The third-order valence-electron chi connectivity index (χ3n) is 4.78. The van der Waals surface area contributed by atoms with Gasteiger partial charge in [-0.3, -0.25) is 0 Å². The maximum atomic E-state index is 9.21. The second kappa shape index (κ2) is 6.53. The first-order valence-corrected chi connectivity index (χ1v) is 8.15. The Kier molecular flexibility index (Phi) is 4.48. The average molecular weight is 299 g/mol. The lowest BCUT2D eigenvalue weighted by Crippen LogP contribution is -2.20. The van der Waals surface area contributed by atoms with Gasteiger partial charge in [-0.05, 0) is 44.6 Å². The van der Waals surface area contributed by atoms with Gasteiger partial charge in [-0.1, -0.05) is 30.3 Å². The minimum Gasteiger partial charge on any atom is -0.394 e. The van der Waals surface area contributed by atoms with Crippen molar-refractivity contribution >= 4 is 5.82 Å². The first-order chi connectivity index (χ1) is 10.7. The Balaban J connectivity index is 1.70. The third kappa shape index (κ3) is 3.02. The molecule has 1 aromatic carbocycles. The normalized spacial score (nSPS) is 21.2. The number of aromatic nitrogens is 2. The fraction of sp³-hybridized carbons (Fsp3) is 0.500. The molecule has 0 unspecified atom stereocenters. The summed E-state index contributed by atoms with van der Waals surface area (Å²) in [4.78, 5) is 0. The quantitative estimate of drug-likeness (QED) is 0.891. The number of rotatable bonds is 5. The van der Waals surface area contributed by atoms with Crippen LogP contribution in [0.1, 0.15) is 42.0 Å². The van der Waals surface area contributed by atoms with Crippen molar-refractivity contribution in [1.29, 1.82) is 0 Å². The molecule has 2 atom stereocenters. The van der Waals surface area contributed by atoms with Gasteiger partial charge in [-0.25, -0.2) is 4.68 Å². The molecule has 1 aliphatic rings. The Morgan fingerprint density at radius 3 is 2.73 bits per heavy atom. The first-order valence-electron chi connectivity index (χ1n) is 8.15. The number of aliphatic hydroxyl groups excluding tert-OH is 1. The van der Waals surface area contributed by atoms with E-state index in [0.29, 0.717) is 18.5 Å². The molecule has 0 saturated heterocycles. The van der Waals surface area contributed by atoms with E-state index >= 15 is 0 Å². The summed E-state index contributed by atoms with van der Waals surface area (Å²) in [5.41, 5.74) is 3.67. The molecule has 2 N–H and O–H groups in total. The standard InChI is InChI=1S/C18H25N3O/c1-13-14(2)20-21(10-11-22)18(13)19-17-9-8-16(12-17)15-6-4-3-5-7-15/h3-7,16-17,19,22H,8-12H2,1-2H3/t16-,17+/m0/s1. The van der Waals surface area contributed by atoms with Gasteiger partial charge in [0.25, 0.3) is 0 Å². The lowest BCUT2D eigenvalue weighted by atomic mass is 9.98. The van der Waals surface area contributed by atoms with Crippen LogP contribution in [-0.2, 0) is 6.54 Å². The van der Waals surface area contributed by atoms with Gasteiger partial charge in [0, 0.05) is 11.6 Å². The molecule has 0 bridgehead atoms. The Morgan fingerprint density at radius 1 is 1.23 bits per heavy atom. The van der Waals surface area contributed by atoms with Crippen LogP contribution in [0.25, 0.3) is 0 Å². The van der Waals surface area contributed by atoms with Crippen molar-refractivity contribution in [1.82, 2.24) is 9.78 Å². The van der Waals surface area contributed by atoms with E-state index < -0.39 is 0 Å². The van der Waals surface area contributed by atoms with Crippen LogP contribution in [0.2, 0.25) is 0 Å². The third-order valence-corrected chi connectivity index (χ3v) is 4.78. The molecule has 1 heterocycles. The first kappa shape index (κ1) is 15.1. The zero-order chi connectivity index (χ0) is 15.5. The fourth-order valence-electron chi connectivity index (χ4n) is 3.44. The van der Waals surface area contributed by atoms with E-state index in [9.17, 15) is 5.11 Å². The minimum absolute atomic E-state index is 0.118. The lowest BCUT2D eigenvalue weighted by Gasteiger charge is -2.17. The lowest BCUT2D eigenvalue weighted by molar-refractivity contribution is 0.270. The molecule has 0 aliphatic heterocycles. The number of nitrogens with one attached hydrogen (secondary N) is 1. The SMILES string of the molecule is Cc1nn(CCO)c(N[C@@H]2CC[C@H](c3ccccc3)C2)c1C. The van der Waals surface area contributed by atoms with Crippen molar-refractivity contribution in [3.8, 4) is 0 Å². The molecule has 0 radical (unpaired) electrons. The molecule has 2 aromatic rings. The molecular weight excluding hydrogens is 274 g/mol. The number of aliphatic hydroxyl groups is 1. The smallest absolute Gasteiger partial charge is 0.127 e. The van der Waals surface area contributed by atoms with Crippen LogP contribution in [0.15, 0.2) is 30.3 Å². The van der Waals surface area contributed by atoms with Crippen molar-refractivity contribution in [2.75, 3.05) is 11.9 Å². The van der Waals surface area contributed by atoms with Gasteiger partial charge in [0.05, 0.1) is 18.8 Å². The van der Waals surface area contributed by atoms with Gasteiger partial charge in [0.15, 0.2) is 0 Å². The Hall–Kier alpha value is -1.81. The number of anilines is 1. The molecule has 22 heavy (non-hydrogen) atoms. The number of nitrogens with zero attached hydrogens (tertiary/aromatic N) is 2. The number of aryl methyl sites for hydroxylation is 1. The van der Waals surface area contributed by atoms with Crippen LogP contribution in [0.5, 0.6) is 0 Å². The van der Waals surface area contributed by atoms with E-state index in [1.807, 2.05) is 11.6 Å². The average Bonchev–Trinajstić information content (AvgIpc) is 3.10. The summed E-state index contributed by atoms with van der Waals surface area (Å²) in [5, 5.41) is 17.4. The number of hydrogen-bond donors (Lipinski definition) is 2. The van der Waals surface area contributed by atoms with Gasteiger partial charge in [-0.15, -0.1) is 0 Å². The molecule has 4 heteroatoms. The monoisotopic (exact) mass is 299 g/mol. The van der Waals surface area contributed by atoms with Gasteiger partial charge in [-0.2, -0.15) is 5.10 Å². The van der Waals surface area contributed by atoms with E-state index in [4.69, 9.17) is 0 Å². The Bertz CT molecular complexity index is 621. The van der Waals surface area contributed by atoms with E-state index in [2.05, 4.69) is 47.7 Å². The second-order valence-corrected chi connectivity index (χ2v) is 6.27. The van der Waals surface area contributed by atoms with E-state index in [-0.39, 0.29) is 6.61 Å². The van der Waals surface area contributed by atoms with Gasteiger partial charge in [0.2, 0.25) is 0 Å².